The summed E-state index contributed by atoms with van der Waals surface area (Å²) in [6.07, 6.45) is 3.36. The van der Waals surface area contributed by atoms with Gasteiger partial charge in [0, 0.05) is 31.5 Å². The SMILES string of the molecule is CN([C@@H](c1ccc(Cl)cc1)c1nccn1C)S(=O)(=O)c1ccccc1C#N. The third-order valence-electron chi connectivity index (χ3n) is 4.32. The molecule has 1 heterocycles. The van der Waals surface area contributed by atoms with Gasteiger partial charge < -0.3 is 4.57 Å². The molecule has 3 aromatic rings. The summed E-state index contributed by atoms with van der Waals surface area (Å²) in [4.78, 5) is 4.31. The standard InChI is InChI=1S/C19H17ClN4O2S/c1-23-12-11-22-19(23)18(14-7-9-16(20)10-8-14)24(2)27(25,26)17-6-4-3-5-15(17)13-21/h3-12,18H,1-2H3/t18-/m0/s1. The van der Waals surface area contributed by atoms with E-state index >= 15 is 0 Å². The number of aryl methyl sites for hydroxylation is 1. The molecule has 2 aromatic carbocycles. The highest BCUT2D eigenvalue weighted by Crippen LogP contribution is 2.32. The summed E-state index contributed by atoms with van der Waals surface area (Å²) in [5.41, 5.74) is 0.813. The molecule has 1 aromatic heterocycles. The molecule has 0 aliphatic rings. The van der Waals surface area contributed by atoms with Gasteiger partial charge in [0.25, 0.3) is 0 Å². The van der Waals surface area contributed by atoms with E-state index in [1.165, 1.54) is 23.5 Å². The Balaban J connectivity index is 2.16. The van der Waals surface area contributed by atoms with E-state index in [0.29, 0.717) is 16.4 Å². The molecule has 0 unspecified atom stereocenters. The van der Waals surface area contributed by atoms with Crippen LogP contribution in [0.15, 0.2) is 65.8 Å². The van der Waals surface area contributed by atoms with Gasteiger partial charge in [-0.3, -0.25) is 0 Å². The number of halogens is 1. The number of imidazole rings is 1. The molecule has 0 saturated heterocycles. The van der Waals surface area contributed by atoms with Crippen LogP contribution in [0, 0.1) is 11.3 Å². The van der Waals surface area contributed by atoms with Crippen molar-refractivity contribution in [1.29, 1.82) is 5.26 Å². The van der Waals surface area contributed by atoms with Crippen LogP contribution >= 0.6 is 11.6 Å². The lowest BCUT2D eigenvalue weighted by Crippen LogP contribution is -2.34. The van der Waals surface area contributed by atoms with Crippen molar-refractivity contribution in [2.45, 2.75) is 10.9 Å². The van der Waals surface area contributed by atoms with Crippen molar-refractivity contribution >= 4 is 21.6 Å². The van der Waals surface area contributed by atoms with Crippen molar-refractivity contribution in [2.24, 2.45) is 7.05 Å². The average molecular weight is 401 g/mol. The lowest BCUT2D eigenvalue weighted by molar-refractivity contribution is 0.398. The molecule has 0 bridgehead atoms. The van der Waals surface area contributed by atoms with Crippen LogP contribution in [-0.4, -0.2) is 29.3 Å². The molecule has 0 spiro atoms. The Kier molecular flexibility index (Phi) is 5.33. The average Bonchev–Trinajstić information content (AvgIpc) is 3.09. The molecule has 0 radical (unpaired) electrons. The van der Waals surface area contributed by atoms with Gasteiger partial charge in [-0.2, -0.15) is 9.57 Å². The molecule has 6 nitrogen and oxygen atoms in total. The first-order valence-electron chi connectivity index (χ1n) is 8.06. The lowest BCUT2D eigenvalue weighted by atomic mass is 10.1. The minimum atomic E-state index is -3.96. The highest BCUT2D eigenvalue weighted by atomic mass is 35.5. The second-order valence-corrected chi connectivity index (χ2v) is 8.38. The van der Waals surface area contributed by atoms with Crippen LogP contribution in [0.1, 0.15) is 23.0 Å². The first-order chi connectivity index (χ1) is 12.9. The van der Waals surface area contributed by atoms with E-state index < -0.39 is 16.1 Å². The summed E-state index contributed by atoms with van der Waals surface area (Å²) >= 11 is 5.99. The van der Waals surface area contributed by atoms with Gasteiger partial charge in [0.05, 0.1) is 10.5 Å². The van der Waals surface area contributed by atoms with E-state index in [-0.39, 0.29) is 10.5 Å². The number of nitrogens with zero attached hydrogens (tertiary/aromatic N) is 4. The normalized spacial score (nSPS) is 12.7. The van der Waals surface area contributed by atoms with Crippen LogP contribution in [0.5, 0.6) is 0 Å². The Bertz CT molecular complexity index is 1100. The minimum absolute atomic E-state index is 0.0387. The number of rotatable bonds is 5. The van der Waals surface area contributed by atoms with Crippen LogP contribution in [0.2, 0.25) is 5.02 Å². The summed E-state index contributed by atoms with van der Waals surface area (Å²) in [5.74, 6) is 0.554. The molecule has 0 fully saturated rings. The lowest BCUT2D eigenvalue weighted by Gasteiger charge is -2.28. The zero-order chi connectivity index (χ0) is 19.6. The van der Waals surface area contributed by atoms with E-state index in [9.17, 15) is 13.7 Å². The van der Waals surface area contributed by atoms with Crippen LogP contribution in [0.4, 0.5) is 0 Å². The topological polar surface area (TPSA) is 79.0 Å². The zero-order valence-corrected chi connectivity index (χ0v) is 16.3. The van der Waals surface area contributed by atoms with Crippen molar-refractivity contribution in [2.75, 3.05) is 7.05 Å². The highest BCUT2D eigenvalue weighted by molar-refractivity contribution is 7.89. The molecule has 138 valence electrons. The second kappa shape index (κ2) is 7.53. The molecule has 0 amide bonds. The predicted octanol–water partition coefficient (Wildman–Crippen LogP) is 3.36. The van der Waals surface area contributed by atoms with Crippen LogP contribution in [0.3, 0.4) is 0 Å². The van der Waals surface area contributed by atoms with Gasteiger partial charge in [0.1, 0.15) is 17.9 Å². The third kappa shape index (κ3) is 3.60. The fourth-order valence-electron chi connectivity index (χ4n) is 2.89. The Hall–Kier alpha value is -2.66. The Labute approximate surface area is 163 Å². The number of benzene rings is 2. The molecule has 8 heteroatoms. The molecule has 0 N–H and O–H groups in total. The van der Waals surface area contributed by atoms with Crippen molar-refractivity contribution in [3.63, 3.8) is 0 Å². The smallest absolute Gasteiger partial charge is 0.245 e. The monoisotopic (exact) mass is 400 g/mol. The fraction of sp³-hybridized carbons (Fsp3) is 0.158. The molecule has 3 rings (SSSR count). The second-order valence-electron chi connectivity index (χ2n) is 5.98. The van der Waals surface area contributed by atoms with Crippen LogP contribution in [-0.2, 0) is 17.1 Å². The fourth-order valence-corrected chi connectivity index (χ4v) is 4.46. The maximum atomic E-state index is 13.3. The van der Waals surface area contributed by atoms with Crippen molar-refractivity contribution in [3.05, 3.63) is 82.9 Å². The van der Waals surface area contributed by atoms with Gasteiger partial charge in [0.2, 0.25) is 10.0 Å². The van der Waals surface area contributed by atoms with Gasteiger partial charge >= 0.3 is 0 Å². The molecular weight excluding hydrogens is 384 g/mol. The van der Waals surface area contributed by atoms with E-state index in [1.807, 2.05) is 6.07 Å². The number of sulfonamides is 1. The highest BCUT2D eigenvalue weighted by Gasteiger charge is 2.34. The first kappa shape index (κ1) is 19.1. The first-order valence-corrected chi connectivity index (χ1v) is 9.88. The minimum Gasteiger partial charge on any atom is -0.336 e. The number of hydrogen-bond donors (Lipinski definition) is 0. The van der Waals surface area contributed by atoms with Crippen molar-refractivity contribution in [3.8, 4) is 6.07 Å². The molecule has 0 aliphatic heterocycles. The summed E-state index contributed by atoms with van der Waals surface area (Å²) in [7, 11) is -0.673. The van der Waals surface area contributed by atoms with Gasteiger partial charge in [-0.05, 0) is 29.8 Å². The van der Waals surface area contributed by atoms with E-state index in [4.69, 9.17) is 11.6 Å². The van der Waals surface area contributed by atoms with Crippen LogP contribution in [0.25, 0.3) is 0 Å². The van der Waals surface area contributed by atoms with E-state index in [0.717, 1.165) is 0 Å². The van der Waals surface area contributed by atoms with E-state index in [2.05, 4.69) is 4.98 Å². The largest absolute Gasteiger partial charge is 0.336 e. The zero-order valence-electron chi connectivity index (χ0n) is 14.7. The summed E-state index contributed by atoms with van der Waals surface area (Å²) in [6, 6.07) is 14.4. The Morgan fingerprint density at radius 2 is 1.85 bits per heavy atom. The molecule has 0 saturated carbocycles. The number of aromatic nitrogens is 2. The van der Waals surface area contributed by atoms with Gasteiger partial charge in [-0.25, -0.2) is 13.4 Å². The van der Waals surface area contributed by atoms with Crippen molar-refractivity contribution < 1.29 is 8.42 Å². The molecule has 0 aliphatic carbocycles. The summed E-state index contributed by atoms with van der Waals surface area (Å²) < 4.78 is 29.6. The third-order valence-corrected chi connectivity index (χ3v) is 6.45. The summed E-state index contributed by atoms with van der Waals surface area (Å²) in [5, 5.41) is 9.87. The van der Waals surface area contributed by atoms with Gasteiger partial charge in [-0.1, -0.05) is 35.9 Å². The quantitative estimate of drug-likeness (QED) is 0.657. The molecule has 1 atom stereocenters. The maximum absolute atomic E-state index is 13.3. The number of hydrogen-bond acceptors (Lipinski definition) is 4. The van der Waals surface area contributed by atoms with E-state index in [1.54, 1.807) is 60.4 Å². The Morgan fingerprint density at radius 3 is 2.44 bits per heavy atom. The van der Waals surface area contributed by atoms with Crippen molar-refractivity contribution in [1.82, 2.24) is 13.9 Å². The molecule has 27 heavy (non-hydrogen) atoms. The number of nitriles is 1. The maximum Gasteiger partial charge on any atom is 0.245 e. The predicted molar refractivity (Wildman–Crippen MR) is 103 cm³/mol. The van der Waals surface area contributed by atoms with Crippen LogP contribution < -0.4 is 0 Å². The molecular formula is C19H17ClN4O2S. The summed E-state index contributed by atoms with van der Waals surface area (Å²) in [6.45, 7) is 0. The Morgan fingerprint density at radius 1 is 1.19 bits per heavy atom. The van der Waals surface area contributed by atoms with Gasteiger partial charge in [0.15, 0.2) is 0 Å². The van der Waals surface area contributed by atoms with Gasteiger partial charge in [-0.15, -0.1) is 0 Å².